The van der Waals surface area contributed by atoms with E-state index in [1.165, 1.54) is 30.7 Å². The summed E-state index contributed by atoms with van der Waals surface area (Å²) in [6.07, 6.45) is -1.08. The average molecular weight is 373 g/mol. The number of amides is 1. The van der Waals surface area contributed by atoms with Crippen LogP contribution in [0.15, 0.2) is 42.5 Å². The first-order valence-electron chi connectivity index (χ1n) is 8.76. The van der Waals surface area contributed by atoms with E-state index >= 15 is 0 Å². The van der Waals surface area contributed by atoms with Crippen molar-refractivity contribution in [2.75, 3.05) is 11.9 Å². The Morgan fingerprint density at radius 1 is 1.11 bits per heavy atom. The minimum Gasteiger partial charge on any atom is -0.482 e. The maximum atomic E-state index is 13.6. The number of hydrogen-bond donors (Lipinski definition) is 1. The molecule has 27 heavy (non-hydrogen) atoms. The molecule has 0 aliphatic carbocycles. The fourth-order valence-electron chi connectivity index (χ4n) is 2.61. The molecule has 1 atom stereocenters. The number of anilines is 1. The first-order chi connectivity index (χ1) is 12.8. The van der Waals surface area contributed by atoms with Crippen LogP contribution in [0.25, 0.3) is 0 Å². The predicted octanol–water partition coefficient (Wildman–Crippen LogP) is 4.21. The van der Waals surface area contributed by atoms with Gasteiger partial charge in [-0.25, -0.2) is 9.18 Å². The molecular weight excluding hydrogens is 349 g/mol. The van der Waals surface area contributed by atoms with Gasteiger partial charge in [-0.3, -0.25) is 4.79 Å². The number of carbonyl (C=O) groups is 2. The van der Waals surface area contributed by atoms with Gasteiger partial charge in [0.05, 0.1) is 5.69 Å². The molecule has 0 saturated heterocycles. The number of nitrogens with one attached hydrogen (secondary N) is 1. The fourth-order valence-corrected chi connectivity index (χ4v) is 2.61. The van der Waals surface area contributed by atoms with E-state index in [1.807, 2.05) is 19.1 Å². The average Bonchev–Trinajstić information content (AvgIpc) is 2.61. The van der Waals surface area contributed by atoms with Crippen LogP contribution in [0.2, 0.25) is 0 Å². The normalized spacial score (nSPS) is 11.8. The Bertz CT molecular complexity index is 820. The molecular formula is C21H24FNO4. The van der Waals surface area contributed by atoms with Gasteiger partial charge in [0, 0.05) is 0 Å². The van der Waals surface area contributed by atoms with Crippen LogP contribution in [0.5, 0.6) is 5.75 Å². The molecule has 0 aliphatic rings. The standard InChI is InChI=1S/C21H24FNO4/c1-13(2)17-10-9-16(11-14(17)3)26-12-20(24)27-15(4)21(25)23-19-8-6-5-7-18(19)22/h5-11,13,15H,12H2,1-4H3,(H,23,25)/t15-/m1/s1. The summed E-state index contributed by atoms with van der Waals surface area (Å²) in [7, 11) is 0. The first kappa shape index (κ1) is 20.4. The molecule has 0 saturated carbocycles. The highest BCUT2D eigenvalue weighted by Crippen LogP contribution is 2.23. The van der Waals surface area contributed by atoms with Gasteiger partial charge in [0.2, 0.25) is 0 Å². The summed E-state index contributed by atoms with van der Waals surface area (Å²) in [6.45, 7) is 7.28. The van der Waals surface area contributed by atoms with E-state index in [9.17, 15) is 14.0 Å². The predicted molar refractivity (Wildman–Crippen MR) is 101 cm³/mol. The van der Waals surface area contributed by atoms with E-state index in [2.05, 4.69) is 19.2 Å². The van der Waals surface area contributed by atoms with Gasteiger partial charge in [-0.05, 0) is 55.2 Å². The van der Waals surface area contributed by atoms with E-state index in [4.69, 9.17) is 9.47 Å². The van der Waals surface area contributed by atoms with Crippen LogP contribution in [-0.2, 0) is 14.3 Å². The zero-order chi connectivity index (χ0) is 20.0. The zero-order valence-electron chi connectivity index (χ0n) is 15.9. The van der Waals surface area contributed by atoms with Crippen LogP contribution in [0, 0.1) is 12.7 Å². The summed E-state index contributed by atoms with van der Waals surface area (Å²) in [5, 5.41) is 2.38. The number of carbonyl (C=O) groups excluding carboxylic acids is 2. The molecule has 0 radical (unpaired) electrons. The Balaban J connectivity index is 1.85. The molecule has 0 spiro atoms. The van der Waals surface area contributed by atoms with Crippen molar-refractivity contribution in [1.82, 2.24) is 0 Å². The Labute approximate surface area is 158 Å². The van der Waals surface area contributed by atoms with Crippen molar-refractivity contribution < 1.29 is 23.5 Å². The monoisotopic (exact) mass is 373 g/mol. The van der Waals surface area contributed by atoms with Gasteiger partial charge >= 0.3 is 5.97 Å². The Hall–Kier alpha value is -2.89. The molecule has 2 rings (SSSR count). The molecule has 1 amide bonds. The molecule has 1 N–H and O–H groups in total. The summed E-state index contributed by atoms with van der Waals surface area (Å²) in [4.78, 5) is 23.9. The number of halogens is 1. The molecule has 144 valence electrons. The summed E-state index contributed by atoms with van der Waals surface area (Å²) in [5.74, 6) is -0.912. The zero-order valence-corrected chi connectivity index (χ0v) is 15.9. The number of aryl methyl sites for hydroxylation is 1. The largest absolute Gasteiger partial charge is 0.482 e. The lowest BCUT2D eigenvalue weighted by Crippen LogP contribution is -2.31. The Morgan fingerprint density at radius 3 is 2.44 bits per heavy atom. The van der Waals surface area contributed by atoms with Crippen LogP contribution >= 0.6 is 0 Å². The van der Waals surface area contributed by atoms with Gasteiger partial charge in [0.15, 0.2) is 12.7 Å². The highest BCUT2D eigenvalue weighted by Gasteiger charge is 2.19. The summed E-state index contributed by atoms with van der Waals surface area (Å²) in [6, 6.07) is 11.4. The maximum absolute atomic E-state index is 13.6. The minimum absolute atomic E-state index is 0.0300. The second-order valence-corrected chi connectivity index (χ2v) is 6.56. The van der Waals surface area contributed by atoms with Crippen molar-refractivity contribution in [3.63, 3.8) is 0 Å². The van der Waals surface area contributed by atoms with Crippen molar-refractivity contribution in [2.24, 2.45) is 0 Å². The lowest BCUT2D eigenvalue weighted by atomic mass is 9.98. The van der Waals surface area contributed by atoms with Gasteiger partial charge < -0.3 is 14.8 Å². The van der Waals surface area contributed by atoms with Crippen molar-refractivity contribution in [3.8, 4) is 5.75 Å². The van der Waals surface area contributed by atoms with Gasteiger partial charge in [-0.1, -0.05) is 32.0 Å². The third-order valence-corrected chi connectivity index (χ3v) is 4.03. The van der Waals surface area contributed by atoms with Crippen LogP contribution < -0.4 is 10.1 Å². The van der Waals surface area contributed by atoms with Crippen molar-refractivity contribution in [3.05, 3.63) is 59.4 Å². The third kappa shape index (κ3) is 5.81. The maximum Gasteiger partial charge on any atom is 0.344 e. The number of benzene rings is 2. The molecule has 2 aromatic rings. The first-order valence-corrected chi connectivity index (χ1v) is 8.76. The molecule has 5 nitrogen and oxygen atoms in total. The molecule has 0 aromatic heterocycles. The van der Waals surface area contributed by atoms with Gasteiger partial charge in [0.1, 0.15) is 11.6 Å². The van der Waals surface area contributed by atoms with E-state index in [-0.39, 0.29) is 12.3 Å². The highest BCUT2D eigenvalue weighted by molar-refractivity contribution is 5.95. The summed E-state index contributed by atoms with van der Waals surface area (Å²) in [5.41, 5.74) is 2.32. The van der Waals surface area contributed by atoms with Crippen LogP contribution in [0.1, 0.15) is 37.8 Å². The van der Waals surface area contributed by atoms with Crippen LogP contribution in [0.3, 0.4) is 0 Å². The topological polar surface area (TPSA) is 64.6 Å². The van der Waals surface area contributed by atoms with Gasteiger partial charge in [-0.2, -0.15) is 0 Å². The number of para-hydroxylation sites is 1. The number of ether oxygens (including phenoxy) is 2. The third-order valence-electron chi connectivity index (χ3n) is 4.03. The lowest BCUT2D eigenvalue weighted by molar-refractivity contribution is -0.155. The van der Waals surface area contributed by atoms with Gasteiger partial charge in [-0.15, -0.1) is 0 Å². The second-order valence-electron chi connectivity index (χ2n) is 6.56. The Kier molecular flexibility index (Phi) is 6.93. The number of hydrogen-bond acceptors (Lipinski definition) is 4. The van der Waals surface area contributed by atoms with Crippen molar-refractivity contribution >= 4 is 17.6 Å². The fraction of sp³-hybridized carbons (Fsp3) is 0.333. The van der Waals surface area contributed by atoms with E-state index in [0.717, 1.165) is 5.56 Å². The molecule has 0 fully saturated rings. The van der Waals surface area contributed by atoms with E-state index in [1.54, 1.807) is 12.1 Å². The minimum atomic E-state index is -1.08. The lowest BCUT2D eigenvalue weighted by Gasteiger charge is -2.15. The van der Waals surface area contributed by atoms with Crippen LogP contribution in [-0.4, -0.2) is 24.6 Å². The molecule has 2 aromatic carbocycles. The van der Waals surface area contributed by atoms with Gasteiger partial charge in [0.25, 0.3) is 5.91 Å². The molecule has 0 unspecified atom stereocenters. The van der Waals surface area contributed by atoms with E-state index in [0.29, 0.717) is 11.7 Å². The molecule has 0 heterocycles. The quantitative estimate of drug-likeness (QED) is 0.739. The van der Waals surface area contributed by atoms with Crippen molar-refractivity contribution in [1.29, 1.82) is 0 Å². The van der Waals surface area contributed by atoms with Crippen LogP contribution in [0.4, 0.5) is 10.1 Å². The molecule has 6 heteroatoms. The summed E-state index contributed by atoms with van der Waals surface area (Å²) >= 11 is 0. The van der Waals surface area contributed by atoms with Crippen molar-refractivity contribution in [2.45, 2.75) is 39.7 Å². The smallest absolute Gasteiger partial charge is 0.344 e. The highest BCUT2D eigenvalue weighted by atomic mass is 19.1. The molecule has 0 aliphatic heterocycles. The number of rotatable bonds is 7. The second kappa shape index (κ2) is 9.16. The Morgan fingerprint density at radius 2 is 1.81 bits per heavy atom. The number of esters is 1. The summed E-state index contributed by atoms with van der Waals surface area (Å²) < 4.78 is 24.0. The SMILES string of the molecule is Cc1cc(OCC(=O)O[C@H](C)C(=O)Nc2ccccc2F)ccc1C(C)C. The molecule has 0 bridgehead atoms. The van der Waals surface area contributed by atoms with E-state index < -0.39 is 23.8 Å².